The highest BCUT2D eigenvalue weighted by Gasteiger charge is 2.24. The lowest BCUT2D eigenvalue weighted by atomic mass is 10.2. The first-order valence-corrected chi connectivity index (χ1v) is 9.52. The lowest BCUT2D eigenvalue weighted by molar-refractivity contribution is -0.129. The van der Waals surface area contributed by atoms with Crippen LogP contribution in [0.5, 0.6) is 5.75 Å². The molecule has 0 unspecified atom stereocenters. The molecule has 0 aliphatic carbocycles. The molecule has 0 saturated heterocycles. The fourth-order valence-corrected chi connectivity index (χ4v) is 3.15. The van der Waals surface area contributed by atoms with Gasteiger partial charge in [0.25, 0.3) is 0 Å². The Morgan fingerprint density at radius 3 is 2.61 bits per heavy atom. The number of nitrogens with zero attached hydrogens (tertiary/aromatic N) is 1. The second-order valence-electron chi connectivity index (χ2n) is 6.19. The van der Waals surface area contributed by atoms with Crippen LogP contribution in [0.3, 0.4) is 0 Å². The molecular weight excluding hydrogens is 418 g/mol. The van der Waals surface area contributed by atoms with E-state index in [-0.39, 0.29) is 5.70 Å². The number of aliphatic imine (C=N–C) groups is 1. The fourth-order valence-electron chi connectivity index (χ4n) is 2.75. The van der Waals surface area contributed by atoms with Gasteiger partial charge in [-0.25, -0.2) is 9.79 Å². The Morgan fingerprint density at radius 1 is 0.964 bits per heavy atom. The monoisotopic (exact) mass is 433 g/mol. The number of cyclic esters (lactones) is 1. The Hall–Kier alpha value is -3.18. The van der Waals surface area contributed by atoms with Gasteiger partial charge in [-0.3, -0.25) is 0 Å². The minimum atomic E-state index is -0.467. The van der Waals surface area contributed by atoms with Gasteiger partial charge in [-0.15, -0.1) is 0 Å². The molecule has 0 spiro atoms. The first-order valence-electron chi connectivity index (χ1n) is 8.73. The fraction of sp³-hybridized carbons (Fsp3) is 0.0435. The molecule has 0 aromatic heterocycles. The third-order valence-electron chi connectivity index (χ3n) is 4.10. The van der Waals surface area contributed by atoms with Crippen molar-refractivity contribution in [2.24, 2.45) is 4.99 Å². The first-order chi connectivity index (χ1) is 13.7. The van der Waals surface area contributed by atoms with Crippen LogP contribution in [0, 0.1) is 0 Å². The van der Waals surface area contributed by atoms with Gasteiger partial charge in [0.05, 0.1) is 0 Å². The molecule has 4 rings (SSSR count). The summed E-state index contributed by atoms with van der Waals surface area (Å²) in [6, 6.07) is 24.9. The van der Waals surface area contributed by atoms with Crippen LogP contribution in [0.2, 0.25) is 0 Å². The van der Waals surface area contributed by atoms with Gasteiger partial charge in [-0.2, -0.15) is 0 Å². The number of hydrogen-bond donors (Lipinski definition) is 0. The Labute approximate surface area is 171 Å². The minimum absolute atomic E-state index is 0.259. The van der Waals surface area contributed by atoms with E-state index >= 15 is 0 Å². The van der Waals surface area contributed by atoms with Gasteiger partial charge < -0.3 is 9.47 Å². The topological polar surface area (TPSA) is 47.9 Å². The van der Waals surface area contributed by atoms with E-state index < -0.39 is 5.97 Å². The lowest BCUT2D eigenvalue weighted by Gasteiger charge is -2.07. The Balaban J connectivity index is 1.52. The molecule has 0 radical (unpaired) electrons. The van der Waals surface area contributed by atoms with Gasteiger partial charge >= 0.3 is 5.97 Å². The van der Waals surface area contributed by atoms with Crippen molar-refractivity contribution in [3.05, 3.63) is 106 Å². The molecule has 0 fully saturated rings. The largest absolute Gasteiger partial charge is 0.489 e. The highest BCUT2D eigenvalue weighted by atomic mass is 79.9. The van der Waals surface area contributed by atoms with E-state index in [9.17, 15) is 4.79 Å². The maximum absolute atomic E-state index is 12.2. The van der Waals surface area contributed by atoms with Crippen molar-refractivity contribution in [1.82, 2.24) is 0 Å². The second-order valence-corrected chi connectivity index (χ2v) is 7.11. The Bertz CT molecular complexity index is 1070. The van der Waals surface area contributed by atoms with E-state index in [0.29, 0.717) is 12.5 Å². The van der Waals surface area contributed by atoms with Crippen LogP contribution in [0.15, 0.2) is 94.0 Å². The van der Waals surface area contributed by atoms with Gasteiger partial charge in [-0.05, 0) is 47.5 Å². The zero-order valence-corrected chi connectivity index (χ0v) is 16.4. The molecule has 3 aromatic rings. The zero-order chi connectivity index (χ0) is 19.3. The van der Waals surface area contributed by atoms with Crippen LogP contribution in [-0.4, -0.2) is 11.9 Å². The predicted molar refractivity (Wildman–Crippen MR) is 112 cm³/mol. The molecule has 138 valence electrons. The van der Waals surface area contributed by atoms with Crippen LogP contribution >= 0.6 is 15.9 Å². The van der Waals surface area contributed by atoms with E-state index in [2.05, 4.69) is 20.9 Å². The number of hydrogen-bond acceptors (Lipinski definition) is 4. The van der Waals surface area contributed by atoms with E-state index in [0.717, 1.165) is 26.9 Å². The van der Waals surface area contributed by atoms with Crippen LogP contribution < -0.4 is 4.74 Å². The summed E-state index contributed by atoms with van der Waals surface area (Å²) in [5.74, 6) is 0.556. The summed E-state index contributed by atoms with van der Waals surface area (Å²) in [7, 11) is 0. The van der Waals surface area contributed by atoms with Gasteiger partial charge in [0, 0.05) is 10.0 Å². The quantitative estimate of drug-likeness (QED) is 0.401. The summed E-state index contributed by atoms with van der Waals surface area (Å²) in [6.07, 6.45) is 1.70. The molecule has 5 heteroatoms. The average molecular weight is 434 g/mol. The molecule has 3 aromatic carbocycles. The number of benzene rings is 3. The normalized spacial score (nSPS) is 14.7. The number of rotatable bonds is 5. The SMILES string of the molecule is O=C1OC(c2cccc(Br)c2)=NC1=Cc1cccc(OCc2ccccc2)c1. The van der Waals surface area contributed by atoms with Crippen molar-refractivity contribution in [3.63, 3.8) is 0 Å². The third kappa shape index (κ3) is 4.38. The Kier molecular flexibility index (Phi) is 5.35. The molecule has 1 aliphatic rings. The number of ether oxygens (including phenoxy) is 2. The molecule has 0 amide bonds. The number of carbonyl (C=O) groups excluding carboxylic acids is 1. The highest BCUT2D eigenvalue weighted by Crippen LogP contribution is 2.23. The maximum Gasteiger partial charge on any atom is 0.363 e. The van der Waals surface area contributed by atoms with Gasteiger partial charge in [0.1, 0.15) is 12.4 Å². The van der Waals surface area contributed by atoms with Crippen LogP contribution in [0.4, 0.5) is 0 Å². The summed E-state index contributed by atoms with van der Waals surface area (Å²) < 4.78 is 12.0. The zero-order valence-electron chi connectivity index (χ0n) is 14.8. The van der Waals surface area contributed by atoms with E-state index in [1.54, 1.807) is 6.08 Å². The molecule has 0 atom stereocenters. The molecular formula is C23H16BrNO3. The first kappa shape index (κ1) is 18.2. The molecule has 0 N–H and O–H groups in total. The highest BCUT2D eigenvalue weighted by molar-refractivity contribution is 9.10. The molecule has 28 heavy (non-hydrogen) atoms. The van der Waals surface area contributed by atoms with Crippen molar-refractivity contribution in [1.29, 1.82) is 0 Å². The van der Waals surface area contributed by atoms with Gasteiger partial charge in [0.15, 0.2) is 5.70 Å². The maximum atomic E-state index is 12.2. The molecule has 0 saturated carbocycles. The van der Waals surface area contributed by atoms with Crippen LogP contribution in [0.1, 0.15) is 16.7 Å². The molecule has 4 nitrogen and oxygen atoms in total. The predicted octanol–water partition coefficient (Wildman–Crippen LogP) is 5.37. The van der Waals surface area contributed by atoms with E-state index in [1.165, 1.54) is 0 Å². The van der Waals surface area contributed by atoms with Crippen LogP contribution in [0.25, 0.3) is 6.08 Å². The Morgan fingerprint density at radius 2 is 1.79 bits per heavy atom. The summed E-state index contributed by atoms with van der Waals surface area (Å²) in [5.41, 5.74) is 2.91. The van der Waals surface area contributed by atoms with Crippen molar-refractivity contribution >= 4 is 33.9 Å². The second kappa shape index (κ2) is 8.23. The number of carbonyl (C=O) groups is 1. The summed E-state index contributed by atoms with van der Waals surface area (Å²) in [5, 5.41) is 0. The molecule has 0 bridgehead atoms. The summed E-state index contributed by atoms with van der Waals surface area (Å²) >= 11 is 3.41. The summed E-state index contributed by atoms with van der Waals surface area (Å²) in [6.45, 7) is 0.480. The third-order valence-corrected chi connectivity index (χ3v) is 4.60. The molecule has 1 aliphatic heterocycles. The van der Waals surface area contributed by atoms with Crippen molar-refractivity contribution in [2.75, 3.05) is 0 Å². The van der Waals surface area contributed by atoms with E-state index in [1.807, 2.05) is 78.9 Å². The van der Waals surface area contributed by atoms with Gasteiger partial charge in [-0.1, -0.05) is 64.5 Å². The van der Waals surface area contributed by atoms with Crippen molar-refractivity contribution in [3.8, 4) is 5.75 Å². The number of esters is 1. The smallest absolute Gasteiger partial charge is 0.363 e. The van der Waals surface area contributed by atoms with Gasteiger partial charge in [0.2, 0.25) is 5.90 Å². The lowest BCUT2D eigenvalue weighted by Crippen LogP contribution is -2.05. The molecule has 1 heterocycles. The van der Waals surface area contributed by atoms with Crippen molar-refractivity contribution in [2.45, 2.75) is 6.61 Å². The average Bonchev–Trinajstić information content (AvgIpc) is 3.08. The minimum Gasteiger partial charge on any atom is -0.489 e. The van der Waals surface area contributed by atoms with E-state index in [4.69, 9.17) is 9.47 Å². The number of halogens is 1. The van der Waals surface area contributed by atoms with Crippen LogP contribution in [-0.2, 0) is 16.1 Å². The van der Waals surface area contributed by atoms with Crippen molar-refractivity contribution < 1.29 is 14.3 Å². The standard InChI is InChI=1S/C23H16BrNO3/c24-19-10-5-9-18(14-19)22-25-21(23(26)28-22)13-17-8-4-11-20(12-17)27-15-16-6-2-1-3-7-16/h1-14H,15H2. The summed E-state index contributed by atoms with van der Waals surface area (Å²) in [4.78, 5) is 16.5.